The standard InChI is InChI=1S/C16H17BrO/c1-2-6-16(13-9-11-14(17)12-10-13)18-15-7-4-3-5-8-15/h3-5,7-12,16H,2,6H2,1H3. The molecular formula is C16H17BrO. The normalized spacial score (nSPS) is 12.1. The maximum atomic E-state index is 6.07. The second-order valence-corrected chi connectivity index (χ2v) is 5.18. The fraction of sp³-hybridized carbons (Fsp3) is 0.250. The van der Waals surface area contributed by atoms with Crippen molar-refractivity contribution in [2.75, 3.05) is 0 Å². The SMILES string of the molecule is CCCC(Oc1ccccc1)c1ccc(Br)cc1. The third-order valence-electron chi connectivity index (χ3n) is 2.81. The molecule has 0 saturated heterocycles. The first-order valence-corrected chi connectivity index (χ1v) is 7.06. The number of halogens is 1. The minimum atomic E-state index is 0.130. The van der Waals surface area contributed by atoms with Crippen LogP contribution in [-0.4, -0.2) is 0 Å². The van der Waals surface area contributed by atoms with Crippen LogP contribution in [0.4, 0.5) is 0 Å². The van der Waals surface area contributed by atoms with E-state index in [-0.39, 0.29) is 6.10 Å². The summed E-state index contributed by atoms with van der Waals surface area (Å²) in [6.07, 6.45) is 2.26. The van der Waals surface area contributed by atoms with Crippen molar-refractivity contribution in [1.29, 1.82) is 0 Å². The summed E-state index contributed by atoms with van der Waals surface area (Å²) in [5.41, 5.74) is 1.23. The van der Waals surface area contributed by atoms with Crippen molar-refractivity contribution in [2.45, 2.75) is 25.9 Å². The van der Waals surface area contributed by atoms with Gasteiger partial charge in [-0.3, -0.25) is 0 Å². The van der Waals surface area contributed by atoms with E-state index in [1.165, 1.54) is 5.56 Å². The summed E-state index contributed by atoms with van der Waals surface area (Å²) in [6, 6.07) is 18.4. The molecule has 1 nitrogen and oxygen atoms in total. The molecule has 0 aliphatic rings. The molecule has 2 heteroatoms. The Balaban J connectivity index is 2.15. The molecule has 0 fully saturated rings. The summed E-state index contributed by atoms with van der Waals surface area (Å²) < 4.78 is 7.16. The Labute approximate surface area is 117 Å². The highest BCUT2D eigenvalue weighted by Crippen LogP contribution is 2.26. The molecule has 94 valence electrons. The maximum Gasteiger partial charge on any atom is 0.124 e. The summed E-state index contributed by atoms with van der Waals surface area (Å²) in [5.74, 6) is 0.930. The van der Waals surface area contributed by atoms with Gasteiger partial charge >= 0.3 is 0 Å². The molecule has 2 aromatic carbocycles. The number of hydrogen-bond acceptors (Lipinski definition) is 1. The van der Waals surface area contributed by atoms with Crippen LogP contribution in [0.25, 0.3) is 0 Å². The molecule has 2 rings (SSSR count). The molecule has 0 N–H and O–H groups in total. The van der Waals surface area contributed by atoms with E-state index in [4.69, 9.17) is 4.74 Å². The number of hydrogen-bond donors (Lipinski definition) is 0. The van der Waals surface area contributed by atoms with Crippen LogP contribution < -0.4 is 4.74 Å². The fourth-order valence-corrected chi connectivity index (χ4v) is 2.16. The molecule has 1 unspecified atom stereocenters. The number of benzene rings is 2. The first-order valence-electron chi connectivity index (χ1n) is 6.26. The Bertz CT molecular complexity index is 464. The van der Waals surface area contributed by atoms with Gasteiger partial charge in [0, 0.05) is 4.47 Å². The van der Waals surface area contributed by atoms with Gasteiger partial charge in [0.15, 0.2) is 0 Å². The van der Waals surface area contributed by atoms with E-state index in [0.717, 1.165) is 23.1 Å². The van der Waals surface area contributed by atoms with Crippen molar-refractivity contribution >= 4 is 15.9 Å². The molecule has 0 amide bonds. The monoisotopic (exact) mass is 304 g/mol. The molecule has 18 heavy (non-hydrogen) atoms. The summed E-state index contributed by atoms with van der Waals surface area (Å²) in [7, 11) is 0. The van der Waals surface area contributed by atoms with Crippen LogP contribution in [0.5, 0.6) is 5.75 Å². The molecule has 1 atom stereocenters. The van der Waals surface area contributed by atoms with Crippen molar-refractivity contribution in [3.05, 3.63) is 64.6 Å². The fourth-order valence-electron chi connectivity index (χ4n) is 1.90. The molecule has 0 saturated carbocycles. The van der Waals surface area contributed by atoms with Gasteiger partial charge in [-0.1, -0.05) is 59.6 Å². The molecular weight excluding hydrogens is 288 g/mol. The van der Waals surface area contributed by atoms with Crippen LogP contribution in [-0.2, 0) is 0 Å². The zero-order chi connectivity index (χ0) is 12.8. The highest BCUT2D eigenvalue weighted by Gasteiger charge is 2.12. The zero-order valence-electron chi connectivity index (χ0n) is 10.5. The van der Waals surface area contributed by atoms with Crippen molar-refractivity contribution in [3.8, 4) is 5.75 Å². The van der Waals surface area contributed by atoms with Gasteiger partial charge in [-0.05, 0) is 36.2 Å². The van der Waals surface area contributed by atoms with E-state index >= 15 is 0 Å². The maximum absolute atomic E-state index is 6.07. The van der Waals surface area contributed by atoms with E-state index < -0.39 is 0 Å². The predicted molar refractivity (Wildman–Crippen MR) is 78.9 cm³/mol. The third-order valence-corrected chi connectivity index (χ3v) is 3.34. The Morgan fingerprint density at radius 1 is 1.00 bits per heavy atom. The topological polar surface area (TPSA) is 9.23 Å². The van der Waals surface area contributed by atoms with Crippen LogP contribution >= 0.6 is 15.9 Å². The average molecular weight is 305 g/mol. The van der Waals surface area contributed by atoms with Crippen LogP contribution in [0, 0.1) is 0 Å². The first-order chi connectivity index (χ1) is 8.79. The van der Waals surface area contributed by atoms with Crippen molar-refractivity contribution < 1.29 is 4.74 Å². The Morgan fingerprint density at radius 3 is 2.28 bits per heavy atom. The van der Waals surface area contributed by atoms with E-state index in [1.807, 2.05) is 30.3 Å². The Morgan fingerprint density at radius 2 is 1.67 bits per heavy atom. The summed E-state index contributed by atoms with van der Waals surface area (Å²) in [6.45, 7) is 2.18. The van der Waals surface area contributed by atoms with Gasteiger partial charge < -0.3 is 4.74 Å². The van der Waals surface area contributed by atoms with Crippen LogP contribution in [0.15, 0.2) is 59.1 Å². The van der Waals surface area contributed by atoms with Crippen LogP contribution in [0.2, 0.25) is 0 Å². The quantitative estimate of drug-likeness (QED) is 0.721. The number of rotatable bonds is 5. The van der Waals surface area contributed by atoms with Crippen LogP contribution in [0.3, 0.4) is 0 Å². The van der Waals surface area contributed by atoms with E-state index in [0.29, 0.717) is 0 Å². The predicted octanol–water partition coefficient (Wildman–Crippen LogP) is 5.37. The van der Waals surface area contributed by atoms with Crippen LogP contribution in [0.1, 0.15) is 31.4 Å². The molecule has 2 aromatic rings. The summed E-state index contributed by atoms with van der Waals surface area (Å²) in [5, 5.41) is 0. The van der Waals surface area contributed by atoms with E-state index in [9.17, 15) is 0 Å². The van der Waals surface area contributed by atoms with Crippen molar-refractivity contribution in [3.63, 3.8) is 0 Å². The van der Waals surface area contributed by atoms with Gasteiger partial charge in [-0.15, -0.1) is 0 Å². The molecule has 0 aliphatic heterocycles. The van der Waals surface area contributed by atoms with Gasteiger partial charge in [0.05, 0.1) is 0 Å². The number of ether oxygens (including phenoxy) is 1. The van der Waals surface area contributed by atoms with Gasteiger partial charge in [-0.2, -0.15) is 0 Å². The average Bonchev–Trinajstić information content (AvgIpc) is 2.40. The van der Waals surface area contributed by atoms with Crippen molar-refractivity contribution in [2.24, 2.45) is 0 Å². The lowest BCUT2D eigenvalue weighted by atomic mass is 10.1. The van der Waals surface area contributed by atoms with Crippen molar-refractivity contribution in [1.82, 2.24) is 0 Å². The third kappa shape index (κ3) is 3.61. The minimum Gasteiger partial charge on any atom is -0.486 e. The summed E-state index contributed by atoms with van der Waals surface area (Å²) in [4.78, 5) is 0. The first kappa shape index (κ1) is 13.2. The lowest BCUT2D eigenvalue weighted by Crippen LogP contribution is -2.07. The summed E-state index contributed by atoms with van der Waals surface area (Å²) >= 11 is 3.46. The smallest absolute Gasteiger partial charge is 0.124 e. The van der Waals surface area contributed by atoms with E-state index in [2.05, 4.69) is 47.1 Å². The molecule has 0 aromatic heterocycles. The Hall–Kier alpha value is -1.28. The van der Waals surface area contributed by atoms with E-state index in [1.54, 1.807) is 0 Å². The lowest BCUT2D eigenvalue weighted by Gasteiger charge is -2.19. The molecule has 0 spiro atoms. The number of para-hydroxylation sites is 1. The molecule has 0 aliphatic carbocycles. The highest BCUT2D eigenvalue weighted by atomic mass is 79.9. The highest BCUT2D eigenvalue weighted by molar-refractivity contribution is 9.10. The van der Waals surface area contributed by atoms with Gasteiger partial charge in [-0.25, -0.2) is 0 Å². The van der Waals surface area contributed by atoms with Gasteiger partial charge in [0.25, 0.3) is 0 Å². The largest absolute Gasteiger partial charge is 0.486 e. The molecule has 0 heterocycles. The minimum absolute atomic E-state index is 0.130. The Kier molecular flexibility index (Phi) is 4.82. The molecule has 0 radical (unpaired) electrons. The molecule has 0 bridgehead atoms. The van der Waals surface area contributed by atoms with Gasteiger partial charge in [0.1, 0.15) is 11.9 Å². The zero-order valence-corrected chi connectivity index (χ0v) is 12.1. The second kappa shape index (κ2) is 6.60. The lowest BCUT2D eigenvalue weighted by molar-refractivity contribution is 0.194. The van der Waals surface area contributed by atoms with Gasteiger partial charge in [0.2, 0.25) is 0 Å². The second-order valence-electron chi connectivity index (χ2n) is 4.26.